The lowest BCUT2D eigenvalue weighted by Crippen LogP contribution is -2.31. The molecule has 172 valence electrons. The molecule has 8 nitrogen and oxygen atoms in total. The second-order valence-electron chi connectivity index (χ2n) is 7.62. The normalized spacial score (nSPS) is 10.3. The van der Waals surface area contributed by atoms with E-state index in [2.05, 4.69) is 21.3 Å². The summed E-state index contributed by atoms with van der Waals surface area (Å²) in [5.41, 5.74) is 4.03. The number of anilines is 2. The lowest BCUT2D eigenvalue weighted by atomic mass is 10.1. The number of phenols is 2. The van der Waals surface area contributed by atoms with Gasteiger partial charge in [-0.05, 0) is 72.9 Å². The number of hydrogen-bond donors (Lipinski definition) is 6. The zero-order valence-electron chi connectivity index (χ0n) is 18.4. The second kappa shape index (κ2) is 11.4. The standard InChI is InChI=1S/C25H28N4O4/c1-17-2-7-20(28-24(32)26-14-12-18-3-8-21(30)9-4-18)16-23(17)29-25(33)27-15-13-19-5-10-22(31)11-6-19/h2-11,16,30-31H,12-15H2,1H3,(H2,26,28,32)(H2,27,29,33). The molecule has 0 spiro atoms. The highest BCUT2D eigenvalue weighted by atomic mass is 16.3. The summed E-state index contributed by atoms with van der Waals surface area (Å²) < 4.78 is 0. The van der Waals surface area contributed by atoms with Gasteiger partial charge in [0.05, 0.1) is 0 Å². The number of rotatable bonds is 8. The molecule has 0 saturated heterocycles. The highest BCUT2D eigenvalue weighted by Gasteiger charge is 2.08. The van der Waals surface area contributed by atoms with Gasteiger partial charge in [-0.15, -0.1) is 0 Å². The molecule has 3 aromatic carbocycles. The molecule has 33 heavy (non-hydrogen) atoms. The summed E-state index contributed by atoms with van der Waals surface area (Å²) in [7, 11) is 0. The smallest absolute Gasteiger partial charge is 0.319 e. The Balaban J connectivity index is 1.44. The van der Waals surface area contributed by atoms with Gasteiger partial charge in [0.25, 0.3) is 0 Å². The molecule has 0 aromatic heterocycles. The Morgan fingerprint density at radius 3 is 1.70 bits per heavy atom. The summed E-state index contributed by atoms with van der Waals surface area (Å²) in [6, 6.07) is 18.3. The van der Waals surface area contributed by atoms with Crippen molar-refractivity contribution in [1.29, 1.82) is 0 Å². The molecule has 0 aliphatic rings. The van der Waals surface area contributed by atoms with Crippen molar-refractivity contribution in [2.24, 2.45) is 0 Å². The van der Waals surface area contributed by atoms with Crippen molar-refractivity contribution in [1.82, 2.24) is 10.6 Å². The number of urea groups is 2. The predicted octanol–water partition coefficient (Wildman–Crippen LogP) is 4.13. The minimum Gasteiger partial charge on any atom is -0.508 e. The van der Waals surface area contributed by atoms with Crippen LogP contribution in [-0.4, -0.2) is 35.4 Å². The maximum absolute atomic E-state index is 12.3. The van der Waals surface area contributed by atoms with Crippen LogP contribution in [0.1, 0.15) is 16.7 Å². The lowest BCUT2D eigenvalue weighted by Gasteiger charge is -2.13. The molecule has 0 fully saturated rings. The summed E-state index contributed by atoms with van der Waals surface area (Å²) in [6.07, 6.45) is 1.28. The maximum atomic E-state index is 12.3. The highest BCUT2D eigenvalue weighted by Crippen LogP contribution is 2.20. The van der Waals surface area contributed by atoms with E-state index in [1.165, 1.54) is 0 Å². The number of nitrogens with one attached hydrogen (secondary N) is 4. The number of amides is 4. The molecule has 0 aliphatic heterocycles. The number of hydrogen-bond acceptors (Lipinski definition) is 4. The quantitative estimate of drug-likeness (QED) is 0.310. The molecule has 4 amide bonds. The van der Waals surface area contributed by atoms with Crippen LogP contribution in [0.15, 0.2) is 66.7 Å². The second-order valence-corrected chi connectivity index (χ2v) is 7.62. The van der Waals surface area contributed by atoms with Crippen LogP contribution in [-0.2, 0) is 12.8 Å². The number of carbonyl (C=O) groups is 2. The third-order valence-corrected chi connectivity index (χ3v) is 5.01. The van der Waals surface area contributed by atoms with Gasteiger partial charge in [0.2, 0.25) is 0 Å². The minimum absolute atomic E-state index is 0.208. The molecule has 0 heterocycles. The van der Waals surface area contributed by atoms with Gasteiger partial charge in [0.1, 0.15) is 11.5 Å². The van der Waals surface area contributed by atoms with Crippen molar-refractivity contribution >= 4 is 23.4 Å². The molecule has 3 aromatic rings. The Bertz CT molecular complexity index is 1080. The molecule has 0 saturated carbocycles. The number of aryl methyl sites for hydroxylation is 1. The Hall–Kier alpha value is -4.20. The molecular weight excluding hydrogens is 420 g/mol. The summed E-state index contributed by atoms with van der Waals surface area (Å²) in [4.78, 5) is 24.5. The molecule has 0 atom stereocenters. The van der Waals surface area contributed by atoms with Crippen molar-refractivity contribution in [3.8, 4) is 11.5 Å². The van der Waals surface area contributed by atoms with Gasteiger partial charge in [-0.1, -0.05) is 30.3 Å². The predicted molar refractivity (Wildman–Crippen MR) is 129 cm³/mol. The van der Waals surface area contributed by atoms with Crippen LogP contribution >= 0.6 is 0 Å². The monoisotopic (exact) mass is 448 g/mol. The van der Waals surface area contributed by atoms with E-state index >= 15 is 0 Å². The Morgan fingerprint density at radius 2 is 1.18 bits per heavy atom. The molecule has 3 rings (SSSR count). The van der Waals surface area contributed by atoms with E-state index in [4.69, 9.17) is 0 Å². The lowest BCUT2D eigenvalue weighted by molar-refractivity contribution is 0.251. The first kappa shape index (κ1) is 23.5. The average molecular weight is 449 g/mol. The van der Waals surface area contributed by atoms with Crippen LogP contribution < -0.4 is 21.3 Å². The Labute approximate surface area is 192 Å². The van der Waals surface area contributed by atoms with Gasteiger partial charge in [0, 0.05) is 24.5 Å². The number of phenolic OH excluding ortho intramolecular Hbond substituents is 2. The van der Waals surface area contributed by atoms with Gasteiger partial charge in [-0.25, -0.2) is 9.59 Å². The van der Waals surface area contributed by atoms with E-state index in [0.717, 1.165) is 16.7 Å². The fourth-order valence-electron chi connectivity index (χ4n) is 3.14. The molecule has 8 heteroatoms. The van der Waals surface area contributed by atoms with Gasteiger partial charge < -0.3 is 31.5 Å². The number of carbonyl (C=O) groups excluding carboxylic acids is 2. The molecule has 0 aliphatic carbocycles. The van der Waals surface area contributed by atoms with Crippen LogP contribution in [0.2, 0.25) is 0 Å². The first-order valence-electron chi connectivity index (χ1n) is 10.7. The van der Waals surface area contributed by atoms with E-state index in [1.54, 1.807) is 36.4 Å². The van der Waals surface area contributed by atoms with Crippen molar-refractivity contribution in [3.05, 3.63) is 83.4 Å². The van der Waals surface area contributed by atoms with E-state index in [0.29, 0.717) is 37.3 Å². The van der Waals surface area contributed by atoms with E-state index < -0.39 is 0 Å². The average Bonchev–Trinajstić information content (AvgIpc) is 2.79. The molecule has 6 N–H and O–H groups in total. The van der Waals surface area contributed by atoms with Crippen LogP contribution in [0.4, 0.5) is 21.0 Å². The number of benzene rings is 3. The summed E-state index contributed by atoms with van der Waals surface area (Å²) in [6.45, 7) is 2.75. The Kier molecular flexibility index (Phi) is 8.13. The summed E-state index contributed by atoms with van der Waals surface area (Å²) in [5.74, 6) is 0.415. The van der Waals surface area contributed by atoms with Gasteiger partial charge in [-0.3, -0.25) is 0 Å². The van der Waals surface area contributed by atoms with Crippen molar-refractivity contribution in [2.45, 2.75) is 19.8 Å². The first-order valence-corrected chi connectivity index (χ1v) is 10.7. The SMILES string of the molecule is Cc1ccc(NC(=O)NCCc2ccc(O)cc2)cc1NC(=O)NCCc1ccc(O)cc1. The van der Waals surface area contributed by atoms with E-state index in [1.807, 2.05) is 37.3 Å². The first-order chi connectivity index (χ1) is 15.9. The van der Waals surface area contributed by atoms with E-state index in [-0.39, 0.29) is 23.6 Å². The van der Waals surface area contributed by atoms with Gasteiger partial charge in [-0.2, -0.15) is 0 Å². The Morgan fingerprint density at radius 1 is 0.697 bits per heavy atom. The zero-order valence-corrected chi connectivity index (χ0v) is 18.4. The third kappa shape index (κ3) is 7.77. The fourth-order valence-corrected chi connectivity index (χ4v) is 3.14. The fraction of sp³-hybridized carbons (Fsp3) is 0.200. The van der Waals surface area contributed by atoms with Gasteiger partial charge >= 0.3 is 12.1 Å². The minimum atomic E-state index is -0.345. The maximum Gasteiger partial charge on any atom is 0.319 e. The van der Waals surface area contributed by atoms with Crippen molar-refractivity contribution in [3.63, 3.8) is 0 Å². The van der Waals surface area contributed by atoms with Crippen molar-refractivity contribution in [2.75, 3.05) is 23.7 Å². The van der Waals surface area contributed by atoms with Crippen LogP contribution in [0.25, 0.3) is 0 Å². The van der Waals surface area contributed by atoms with Gasteiger partial charge in [0.15, 0.2) is 0 Å². The summed E-state index contributed by atoms with van der Waals surface area (Å²) in [5, 5.41) is 29.8. The highest BCUT2D eigenvalue weighted by molar-refractivity contribution is 5.93. The zero-order chi connectivity index (χ0) is 23.6. The largest absolute Gasteiger partial charge is 0.508 e. The molecule has 0 unspecified atom stereocenters. The number of aromatic hydroxyl groups is 2. The van der Waals surface area contributed by atoms with E-state index in [9.17, 15) is 19.8 Å². The third-order valence-electron chi connectivity index (χ3n) is 5.01. The van der Waals surface area contributed by atoms with Crippen LogP contribution in [0.3, 0.4) is 0 Å². The van der Waals surface area contributed by atoms with Crippen molar-refractivity contribution < 1.29 is 19.8 Å². The topological polar surface area (TPSA) is 123 Å². The molecule has 0 bridgehead atoms. The molecular formula is C25H28N4O4. The molecule has 0 radical (unpaired) electrons. The van der Waals surface area contributed by atoms with Crippen LogP contribution in [0, 0.1) is 6.92 Å². The van der Waals surface area contributed by atoms with Crippen LogP contribution in [0.5, 0.6) is 11.5 Å². The summed E-state index contributed by atoms with van der Waals surface area (Å²) >= 11 is 0.